The zero-order valence-corrected chi connectivity index (χ0v) is 14.8. The number of aryl methyl sites for hydroxylation is 1. The van der Waals surface area contributed by atoms with Crippen molar-refractivity contribution in [2.75, 3.05) is 20.8 Å². The topological polar surface area (TPSA) is 56.8 Å². The lowest BCUT2D eigenvalue weighted by Gasteiger charge is -2.10. The van der Waals surface area contributed by atoms with Gasteiger partial charge in [-0.1, -0.05) is 36.4 Å². The Bertz CT molecular complexity index is 658. The lowest BCUT2D eigenvalue weighted by Crippen LogP contribution is -2.25. The van der Waals surface area contributed by atoms with Crippen molar-refractivity contribution in [2.45, 2.75) is 25.9 Å². The molecule has 0 bridgehead atoms. The van der Waals surface area contributed by atoms with Crippen molar-refractivity contribution in [1.29, 1.82) is 0 Å². The summed E-state index contributed by atoms with van der Waals surface area (Å²) in [4.78, 5) is 11.6. The van der Waals surface area contributed by atoms with Crippen LogP contribution in [0.5, 0.6) is 11.5 Å². The van der Waals surface area contributed by atoms with Gasteiger partial charge in [0.05, 0.1) is 14.2 Å². The van der Waals surface area contributed by atoms with Crippen LogP contribution in [0.1, 0.15) is 24.0 Å². The number of hydrogen-bond donors (Lipinski definition) is 1. The molecule has 0 atom stereocenters. The van der Waals surface area contributed by atoms with Gasteiger partial charge in [-0.05, 0) is 42.5 Å². The van der Waals surface area contributed by atoms with Gasteiger partial charge < -0.3 is 19.5 Å². The Kier molecular flexibility index (Phi) is 7.63. The minimum atomic E-state index is -0.380. The van der Waals surface area contributed by atoms with Crippen LogP contribution in [0.15, 0.2) is 48.5 Å². The first-order valence-electron chi connectivity index (χ1n) is 8.38. The van der Waals surface area contributed by atoms with Crippen molar-refractivity contribution in [2.24, 2.45) is 0 Å². The highest BCUT2D eigenvalue weighted by Gasteiger charge is 2.05. The number of benzene rings is 2. The minimum Gasteiger partial charge on any atom is -0.493 e. The lowest BCUT2D eigenvalue weighted by molar-refractivity contribution is 0.139. The summed E-state index contributed by atoms with van der Waals surface area (Å²) in [5, 5.41) is 2.77. The first-order chi connectivity index (χ1) is 12.2. The summed E-state index contributed by atoms with van der Waals surface area (Å²) in [6.07, 6.45) is 2.39. The van der Waals surface area contributed by atoms with Crippen molar-refractivity contribution in [3.63, 3.8) is 0 Å². The lowest BCUT2D eigenvalue weighted by atomic mass is 10.1. The number of alkyl carbamates (subject to hydrolysis) is 1. The van der Waals surface area contributed by atoms with Crippen molar-refractivity contribution in [3.8, 4) is 11.5 Å². The highest BCUT2D eigenvalue weighted by atomic mass is 16.5. The molecule has 2 rings (SSSR count). The molecule has 0 unspecified atom stereocenters. The number of ether oxygens (including phenoxy) is 3. The zero-order chi connectivity index (χ0) is 17.9. The number of carbonyl (C=O) groups is 1. The summed E-state index contributed by atoms with van der Waals surface area (Å²) in [6.45, 7) is 0.888. The summed E-state index contributed by atoms with van der Waals surface area (Å²) in [5.74, 6) is 1.47. The molecule has 0 spiro atoms. The van der Waals surface area contributed by atoms with Gasteiger partial charge in [-0.25, -0.2) is 4.79 Å². The average Bonchev–Trinajstić information content (AvgIpc) is 2.66. The van der Waals surface area contributed by atoms with Crippen molar-refractivity contribution in [1.82, 2.24) is 5.32 Å². The molecule has 5 nitrogen and oxygen atoms in total. The van der Waals surface area contributed by atoms with E-state index in [1.807, 2.05) is 48.5 Å². The van der Waals surface area contributed by atoms with Crippen LogP contribution in [0.2, 0.25) is 0 Å². The summed E-state index contributed by atoms with van der Waals surface area (Å²) < 4.78 is 15.7. The van der Waals surface area contributed by atoms with E-state index in [9.17, 15) is 4.79 Å². The second-order valence-electron chi connectivity index (χ2n) is 5.63. The van der Waals surface area contributed by atoms with Gasteiger partial charge in [0, 0.05) is 6.54 Å². The number of carbonyl (C=O) groups excluding carboxylic acids is 1. The first kappa shape index (κ1) is 18.6. The van der Waals surface area contributed by atoms with Gasteiger partial charge in [0.25, 0.3) is 0 Å². The largest absolute Gasteiger partial charge is 0.493 e. The number of amides is 1. The number of methoxy groups -OCH3 is 2. The van der Waals surface area contributed by atoms with Crippen LogP contribution in [0.25, 0.3) is 0 Å². The van der Waals surface area contributed by atoms with Crippen LogP contribution >= 0.6 is 0 Å². The summed E-state index contributed by atoms with van der Waals surface area (Å²) in [6, 6.07) is 15.6. The van der Waals surface area contributed by atoms with E-state index in [2.05, 4.69) is 5.32 Å². The maximum atomic E-state index is 11.6. The molecule has 0 fully saturated rings. The van der Waals surface area contributed by atoms with Gasteiger partial charge in [-0.2, -0.15) is 0 Å². The van der Waals surface area contributed by atoms with Gasteiger partial charge in [0.15, 0.2) is 11.5 Å². The molecule has 25 heavy (non-hydrogen) atoms. The van der Waals surface area contributed by atoms with Gasteiger partial charge >= 0.3 is 6.09 Å². The molecule has 0 radical (unpaired) electrons. The van der Waals surface area contributed by atoms with Crippen LogP contribution < -0.4 is 14.8 Å². The quantitative estimate of drug-likeness (QED) is 0.700. The van der Waals surface area contributed by atoms with Gasteiger partial charge in [0.1, 0.15) is 6.61 Å². The molecule has 0 aliphatic rings. The molecular formula is C20H25NO4. The zero-order valence-electron chi connectivity index (χ0n) is 14.8. The molecule has 0 aromatic heterocycles. The smallest absolute Gasteiger partial charge is 0.407 e. The van der Waals surface area contributed by atoms with Crippen molar-refractivity contribution >= 4 is 6.09 Å². The maximum Gasteiger partial charge on any atom is 0.407 e. The van der Waals surface area contributed by atoms with E-state index in [0.717, 1.165) is 36.3 Å². The molecule has 0 saturated heterocycles. The van der Waals surface area contributed by atoms with E-state index >= 15 is 0 Å². The van der Waals surface area contributed by atoms with E-state index in [1.165, 1.54) is 5.56 Å². The van der Waals surface area contributed by atoms with E-state index in [4.69, 9.17) is 14.2 Å². The monoisotopic (exact) mass is 343 g/mol. The highest BCUT2D eigenvalue weighted by molar-refractivity contribution is 5.67. The third kappa shape index (κ3) is 6.37. The Labute approximate surface area is 148 Å². The number of nitrogens with one attached hydrogen (secondary N) is 1. The second-order valence-corrected chi connectivity index (χ2v) is 5.63. The van der Waals surface area contributed by atoms with E-state index < -0.39 is 0 Å². The fraction of sp³-hybridized carbons (Fsp3) is 0.350. The molecule has 2 aromatic carbocycles. The van der Waals surface area contributed by atoms with Crippen LogP contribution in [0, 0.1) is 0 Å². The SMILES string of the molecule is COc1ccc(CCCCNC(=O)OCc2ccccc2)cc1OC. The molecule has 0 aliphatic heterocycles. The Hall–Kier alpha value is -2.69. The Balaban J connectivity index is 1.62. The predicted octanol–water partition coefficient (Wildman–Crippen LogP) is 3.95. The van der Waals surface area contributed by atoms with E-state index in [-0.39, 0.29) is 12.7 Å². The molecule has 0 heterocycles. The minimum absolute atomic E-state index is 0.290. The molecular weight excluding hydrogens is 318 g/mol. The third-order valence-electron chi connectivity index (χ3n) is 3.82. The first-order valence-corrected chi connectivity index (χ1v) is 8.38. The average molecular weight is 343 g/mol. The molecule has 0 aliphatic carbocycles. The van der Waals surface area contributed by atoms with Gasteiger partial charge in [0.2, 0.25) is 0 Å². The highest BCUT2D eigenvalue weighted by Crippen LogP contribution is 2.28. The number of hydrogen-bond acceptors (Lipinski definition) is 4. The van der Waals surface area contributed by atoms with Crippen LogP contribution in [0.3, 0.4) is 0 Å². The summed E-state index contributed by atoms with van der Waals surface area (Å²) >= 11 is 0. The second kappa shape index (κ2) is 10.2. The number of unbranched alkanes of at least 4 members (excludes halogenated alkanes) is 1. The molecule has 134 valence electrons. The molecule has 1 N–H and O–H groups in total. The Morgan fingerprint density at radius 1 is 0.920 bits per heavy atom. The Morgan fingerprint density at radius 3 is 2.40 bits per heavy atom. The molecule has 0 saturated carbocycles. The maximum absolute atomic E-state index is 11.6. The fourth-order valence-corrected chi connectivity index (χ4v) is 2.45. The van der Waals surface area contributed by atoms with Crippen LogP contribution in [-0.4, -0.2) is 26.9 Å². The van der Waals surface area contributed by atoms with E-state index in [1.54, 1.807) is 14.2 Å². The van der Waals surface area contributed by atoms with Gasteiger partial charge in [-0.15, -0.1) is 0 Å². The van der Waals surface area contributed by atoms with Crippen LogP contribution in [0.4, 0.5) is 4.79 Å². The predicted molar refractivity (Wildman–Crippen MR) is 97.1 cm³/mol. The molecule has 1 amide bonds. The van der Waals surface area contributed by atoms with Crippen molar-refractivity contribution in [3.05, 3.63) is 59.7 Å². The standard InChI is InChI=1S/C20H25NO4/c1-23-18-12-11-16(14-19(18)24-2)8-6-7-13-21-20(22)25-15-17-9-4-3-5-10-17/h3-5,9-12,14H,6-8,13,15H2,1-2H3,(H,21,22). The third-order valence-corrected chi connectivity index (χ3v) is 3.82. The van der Waals surface area contributed by atoms with Crippen LogP contribution in [-0.2, 0) is 17.8 Å². The Morgan fingerprint density at radius 2 is 1.68 bits per heavy atom. The summed E-state index contributed by atoms with van der Waals surface area (Å²) in [5.41, 5.74) is 2.16. The summed E-state index contributed by atoms with van der Waals surface area (Å²) in [7, 11) is 3.26. The van der Waals surface area contributed by atoms with Gasteiger partial charge in [-0.3, -0.25) is 0 Å². The number of rotatable bonds is 9. The fourth-order valence-electron chi connectivity index (χ4n) is 2.45. The van der Waals surface area contributed by atoms with E-state index in [0.29, 0.717) is 6.54 Å². The molecule has 2 aromatic rings. The normalized spacial score (nSPS) is 10.2. The molecule has 5 heteroatoms. The van der Waals surface area contributed by atoms with Crippen molar-refractivity contribution < 1.29 is 19.0 Å².